The molecule has 2 heterocycles. The van der Waals surface area contributed by atoms with Gasteiger partial charge in [-0.3, -0.25) is 9.69 Å². The van der Waals surface area contributed by atoms with Crippen LogP contribution in [0.1, 0.15) is 55.6 Å². The van der Waals surface area contributed by atoms with Crippen molar-refractivity contribution in [1.82, 2.24) is 10.2 Å². The van der Waals surface area contributed by atoms with Gasteiger partial charge in [-0.2, -0.15) is 13.2 Å². The summed E-state index contributed by atoms with van der Waals surface area (Å²) in [5.74, 6) is -1.46. The number of halogens is 5. The predicted molar refractivity (Wildman–Crippen MR) is 122 cm³/mol. The first-order valence-corrected chi connectivity index (χ1v) is 12.1. The van der Waals surface area contributed by atoms with Gasteiger partial charge >= 0.3 is 6.18 Å². The normalized spacial score (nSPS) is 25.2. The molecule has 2 saturated heterocycles. The van der Waals surface area contributed by atoms with Crippen LogP contribution < -0.4 is 10.2 Å². The second-order valence-corrected chi connectivity index (χ2v) is 9.87. The topological polar surface area (TPSA) is 35.6 Å². The standard InChI is InChI=1S/C26H28F5N3O/c27-19-5-7-21(8-6-19)34-16-32-24(35)25(34)9-11-33(12-10-25)23-4-2-1-3-22(23)17-13-18(26(29,30)31)15-20(28)14-17/h5-8,13-15,22-23H,1-4,9-12,16H2,(H,32,35). The van der Waals surface area contributed by atoms with Crippen LogP contribution in [0.5, 0.6) is 0 Å². The third kappa shape index (κ3) is 4.50. The number of nitrogens with one attached hydrogen (secondary N) is 1. The lowest BCUT2D eigenvalue weighted by atomic mass is 9.77. The molecule has 2 aliphatic heterocycles. The van der Waals surface area contributed by atoms with Crippen molar-refractivity contribution in [2.45, 2.75) is 62.2 Å². The van der Waals surface area contributed by atoms with E-state index in [-0.39, 0.29) is 23.7 Å². The fourth-order valence-corrected chi connectivity index (χ4v) is 6.20. The van der Waals surface area contributed by atoms with Crippen molar-refractivity contribution in [2.24, 2.45) is 0 Å². The molecular weight excluding hydrogens is 465 g/mol. The van der Waals surface area contributed by atoms with Crippen molar-refractivity contribution < 1.29 is 26.7 Å². The molecule has 1 amide bonds. The van der Waals surface area contributed by atoms with Gasteiger partial charge in [0.1, 0.15) is 17.2 Å². The second-order valence-electron chi connectivity index (χ2n) is 9.87. The third-order valence-corrected chi connectivity index (χ3v) is 7.97. The maximum atomic E-state index is 14.2. The van der Waals surface area contributed by atoms with E-state index >= 15 is 0 Å². The lowest BCUT2D eigenvalue weighted by Crippen LogP contribution is -2.58. The summed E-state index contributed by atoms with van der Waals surface area (Å²) in [4.78, 5) is 17.2. The number of amides is 1. The van der Waals surface area contributed by atoms with E-state index in [2.05, 4.69) is 10.2 Å². The van der Waals surface area contributed by atoms with Crippen LogP contribution in [-0.4, -0.2) is 42.1 Å². The number of nitrogens with zero attached hydrogens (tertiary/aromatic N) is 2. The van der Waals surface area contributed by atoms with Crippen molar-refractivity contribution in [2.75, 3.05) is 24.7 Å². The number of likely N-dealkylation sites (tertiary alicyclic amines) is 1. The molecule has 4 nitrogen and oxygen atoms in total. The maximum absolute atomic E-state index is 14.2. The molecule has 3 aliphatic rings. The molecule has 3 fully saturated rings. The molecule has 188 valence electrons. The Labute approximate surface area is 201 Å². The summed E-state index contributed by atoms with van der Waals surface area (Å²) in [5.41, 5.74) is -0.519. The highest BCUT2D eigenvalue weighted by atomic mass is 19.4. The Morgan fingerprint density at radius 2 is 1.60 bits per heavy atom. The summed E-state index contributed by atoms with van der Waals surface area (Å²) in [6.07, 6.45) is -0.117. The van der Waals surface area contributed by atoms with E-state index in [0.717, 1.165) is 31.0 Å². The number of rotatable bonds is 3. The van der Waals surface area contributed by atoms with E-state index in [1.165, 1.54) is 18.2 Å². The van der Waals surface area contributed by atoms with Crippen LogP contribution in [0.25, 0.3) is 0 Å². The zero-order valence-electron chi connectivity index (χ0n) is 19.3. The van der Waals surface area contributed by atoms with Crippen LogP contribution in [0.3, 0.4) is 0 Å². The Hall–Kier alpha value is -2.68. The quantitative estimate of drug-likeness (QED) is 0.579. The summed E-state index contributed by atoms with van der Waals surface area (Å²) in [6.45, 7) is 1.56. The number of carbonyl (C=O) groups excluding carboxylic acids is 1. The Bertz CT molecular complexity index is 1080. The van der Waals surface area contributed by atoms with Gasteiger partial charge in [0.25, 0.3) is 0 Å². The zero-order chi connectivity index (χ0) is 24.8. The van der Waals surface area contributed by atoms with E-state index < -0.39 is 23.1 Å². The highest BCUT2D eigenvalue weighted by molar-refractivity contribution is 5.93. The van der Waals surface area contributed by atoms with E-state index in [1.807, 2.05) is 4.90 Å². The van der Waals surface area contributed by atoms with Gasteiger partial charge in [0.15, 0.2) is 0 Å². The fourth-order valence-electron chi connectivity index (χ4n) is 6.20. The van der Waals surface area contributed by atoms with Crippen molar-refractivity contribution in [3.63, 3.8) is 0 Å². The van der Waals surface area contributed by atoms with Crippen LogP contribution in [-0.2, 0) is 11.0 Å². The molecule has 1 N–H and O–H groups in total. The number of alkyl halides is 3. The van der Waals surface area contributed by atoms with E-state index in [4.69, 9.17) is 0 Å². The largest absolute Gasteiger partial charge is 0.416 e. The molecule has 2 atom stereocenters. The molecule has 0 aromatic heterocycles. The predicted octanol–water partition coefficient (Wildman–Crippen LogP) is 5.44. The maximum Gasteiger partial charge on any atom is 0.416 e. The molecule has 2 unspecified atom stereocenters. The Kier molecular flexibility index (Phi) is 6.23. The number of hydrogen-bond acceptors (Lipinski definition) is 3. The van der Waals surface area contributed by atoms with Gasteiger partial charge in [0, 0.05) is 24.8 Å². The Balaban J connectivity index is 1.36. The molecule has 2 aromatic carbocycles. The summed E-state index contributed by atoms with van der Waals surface area (Å²) < 4.78 is 67.6. The van der Waals surface area contributed by atoms with Crippen molar-refractivity contribution in [3.8, 4) is 0 Å². The molecule has 1 spiro atoms. The minimum Gasteiger partial charge on any atom is -0.339 e. The van der Waals surface area contributed by atoms with Crippen LogP contribution in [0, 0.1) is 11.6 Å². The molecule has 2 aromatic rings. The highest BCUT2D eigenvalue weighted by Crippen LogP contribution is 2.42. The monoisotopic (exact) mass is 493 g/mol. The number of piperidine rings is 1. The first kappa shape index (κ1) is 24.0. The van der Waals surface area contributed by atoms with Gasteiger partial charge in [-0.1, -0.05) is 12.8 Å². The first-order chi connectivity index (χ1) is 16.7. The van der Waals surface area contributed by atoms with Crippen molar-refractivity contribution in [3.05, 3.63) is 65.2 Å². The molecule has 9 heteroatoms. The molecule has 35 heavy (non-hydrogen) atoms. The van der Waals surface area contributed by atoms with Crippen LogP contribution in [0.2, 0.25) is 0 Å². The van der Waals surface area contributed by atoms with Gasteiger partial charge in [-0.15, -0.1) is 0 Å². The fraction of sp³-hybridized carbons (Fsp3) is 0.500. The summed E-state index contributed by atoms with van der Waals surface area (Å²) >= 11 is 0. The smallest absolute Gasteiger partial charge is 0.339 e. The highest BCUT2D eigenvalue weighted by Gasteiger charge is 2.51. The third-order valence-electron chi connectivity index (χ3n) is 7.97. The number of anilines is 1. The van der Waals surface area contributed by atoms with Gasteiger partial charge in [-0.25, -0.2) is 8.78 Å². The van der Waals surface area contributed by atoms with Crippen molar-refractivity contribution >= 4 is 11.6 Å². The SMILES string of the molecule is O=C1NCN(c2ccc(F)cc2)C12CCN(C1CCCCC1c1cc(F)cc(C(F)(F)F)c1)CC2. The minimum atomic E-state index is -4.60. The van der Waals surface area contributed by atoms with Crippen LogP contribution in [0.4, 0.5) is 27.6 Å². The number of benzene rings is 2. The minimum absolute atomic E-state index is 0.00674. The Morgan fingerprint density at radius 1 is 0.914 bits per heavy atom. The first-order valence-electron chi connectivity index (χ1n) is 12.1. The number of carbonyl (C=O) groups is 1. The average molecular weight is 494 g/mol. The molecule has 1 saturated carbocycles. The van der Waals surface area contributed by atoms with Gasteiger partial charge in [0.05, 0.1) is 12.2 Å². The summed E-state index contributed by atoms with van der Waals surface area (Å²) in [5, 5.41) is 2.93. The van der Waals surface area contributed by atoms with E-state index in [1.54, 1.807) is 12.1 Å². The van der Waals surface area contributed by atoms with Crippen LogP contribution >= 0.6 is 0 Å². The second kappa shape index (κ2) is 9.08. The zero-order valence-corrected chi connectivity index (χ0v) is 19.3. The average Bonchev–Trinajstić information content (AvgIpc) is 3.14. The molecule has 0 radical (unpaired) electrons. The Morgan fingerprint density at radius 3 is 2.29 bits per heavy atom. The lowest BCUT2D eigenvalue weighted by Gasteiger charge is -2.48. The molecule has 5 rings (SSSR count). The van der Waals surface area contributed by atoms with Crippen LogP contribution in [0.15, 0.2) is 42.5 Å². The molecule has 1 aliphatic carbocycles. The molecular formula is C26H28F5N3O. The number of hydrogen-bond donors (Lipinski definition) is 1. The van der Waals surface area contributed by atoms with Gasteiger partial charge < -0.3 is 10.2 Å². The van der Waals surface area contributed by atoms with Gasteiger partial charge in [-0.05, 0) is 79.6 Å². The van der Waals surface area contributed by atoms with E-state index in [9.17, 15) is 26.7 Å². The summed E-state index contributed by atoms with van der Waals surface area (Å²) in [6, 6.07) is 8.97. The van der Waals surface area contributed by atoms with E-state index in [0.29, 0.717) is 50.7 Å². The van der Waals surface area contributed by atoms with Gasteiger partial charge in [0.2, 0.25) is 5.91 Å². The van der Waals surface area contributed by atoms with Crippen molar-refractivity contribution in [1.29, 1.82) is 0 Å². The summed E-state index contributed by atoms with van der Waals surface area (Å²) in [7, 11) is 0. The molecule has 0 bridgehead atoms. The lowest BCUT2D eigenvalue weighted by molar-refractivity contribution is -0.137.